The molecule has 0 saturated carbocycles. The second-order valence-electron chi connectivity index (χ2n) is 7.97. The van der Waals surface area contributed by atoms with Crippen molar-refractivity contribution in [2.45, 2.75) is 65.2 Å². The number of ether oxygens (including phenoxy) is 4. The van der Waals surface area contributed by atoms with Crippen LogP contribution in [0.1, 0.15) is 75.6 Å². The van der Waals surface area contributed by atoms with Crippen LogP contribution in [0.4, 0.5) is 0 Å². The van der Waals surface area contributed by atoms with E-state index in [0.29, 0.717) is 30.3 Å². The second-order valence-corrected chi connectivity index (χ2v) is 9.21. The first kappa shape index (κ1) is 30.4. The fourth-order valence-electron chi connectivity index (χ4n) is 3.50. The average Bonchev–Trinajstić information content (AvgIpc) is 2.84. The van der Waals surface area contributed by atoms with E-state index < -0.39 is 0 Å². The van der Waals surface area contributed by atoms with Gasteiger partial charge in [-0.05, 0) is 45.7 Å². The van der Waals surface area contributed by atoms with Gasteiger partial charge in [-0.1, -0.05) is 58.4 Å². The Kier molecular flexibility index (Phi) is 15.8. The standard InChI is InChI=1S/C27H39O5P.Li.H/c1-5-7-9-11-18-31-21-16-17-25(24(20-21)32-19-12-10-8-6-2)33-27(28)26-22(29-3)14-13-15-23(26)30-4;;/h13-17,20,33H,5-12,18-19H2,1-4H3;;. The summed E-state index contributed by atoms with van der Waals surface area (Å²) in [7, 11) is 3.01. The fourth-order valence-corrected chi connectivity index (χ4v) is 4.55. The molecular formula is C27H40LiO5P. The molecule has 0 amide bonds. The van der Waals surface area contributed by atoms with Gasteiger partial charge in [0.15, 0.2) is 5.52 Å². The minimum atomic E-state index is -0.115. The number of methoxy groups -OCH3 is 2. The molecule has 34 heavy (non-hydrogen) atoms. The van der Waals surface area contributed by atoms with E-state index in [9.17, 15) is 4.79 Å². The Morgan fingerprint density at radius 1 is 0.765 bits per heavy atom. The van der Waals surface area contributed by atoms with Crippen molar-refractivity contribution in [3.05, 3.63) is 42.0 Å². The van der Waals surface area contributed by atoms with E-state index in [2.05, 4.69) is 13.8 Å². The van der Waals surface area contributed by atoms with Gasteiger partial charge in [0, 0.05) is 11.4 Å². The summed E-state index contributed by atoms with van der Waals surface area (Å²) >= 11 is 0. The molecule has 184 valence electrons. The van der Waals surface area contributed by atoms with Gasteiger partial charge in [0.05, 0.1) is 27.4 Å². The Balaban J connectivity index is 0.00000578. The molecule has 0 N–H and O–H groups in total. The summed E-state index contributed by atoms with van der Waals surface area (Å²) in [6.45, 7) is 5.71. The fraction of sp³-hybridized carbons (Fsp3) is 0.519. The molecule has 7 heteroatoms. The third kappa shape index (κ3) is 9.91. The zero-order valence-corrected chi connectivity index (χ0v) is 21.6. The number of carbonyl (C=O) groups is 1. The van der Waals surface area contributed by atoms with Crippen LogP contribution in [-0.2, 0) is 0 Å². The average molecular weight is 483 g/mol. The first-order valence-electron chi connectivity index (χ1n) is 12.1. The van der Waals surface area contributed by atoms with Crippen molar-refractivity contribution in [3.8, 4) is 23.0 Å². The SMILES string of the molecule is CCCCCCOc1ccc(PC(=O)c2c(OC)cccc2OC)c(OCCCCCC)c1.[LiH]. The molecule has 0 spiro atoms. The van der Waals surface area contributed by atoms with Gasteiger partial charge < -0.3 is 18.9 Å². The van der Waals surface area contributed by atoms with Gasteiger partial charge in [0.2, 0.25) is 0 Å². The number of hydrogen-bond acceptors (Lipinski definition) is 5. The normalized spacial score (nSPS) is 10.7. The van der Waals surface area contributed by atoms with Crippen LogP contribution in [0.3, 0.4) is 0 Å². The van der Waals surface area contributed by atoms with Crippen LogP contribution in [0.25, 0.3) is 0 Å². The predicted molar refractivity (Wildman–Crippen MR) is 145 cm³/mol. The van der Waals surface area contributed by atoms with Gasteiger partial charge in [-0.15, -0.1) is 0 Å². The zero-order valence-electron chi connectivity index (χ0n) is 20.6. The van der Waals surface area contributed by atoms with Crippen molar-refractivity contribution < 1.29 is 23.7 Å². The molecule has 2 rings (SSSR count). The van der Waals surface area contributed by atoms with Crippen LogP contribution in [-0.4, -0.2) is 51.8 Å². The topological polar surface area (TPSA) is 54.0 Å². The van der Waals surface area contributed by atoms with Crippen LogP contribution < -0.4 is 24.3 Å². The molecule has 0 saturated heterocycles. The Morgan fingerprint density at radius 2 is 1.35 bits per heavy atom. The van der Waals surface area contributed by atoms with Crippen LogP contribution in [0, 0.1) is 0 Å². The van der Waals surface area contributed by atoms with E-state index in [0.717, 1.165) is 36.1 Å². The van der Waals surface area contributed by atoms with Crippen molar-refractivity contribution in [1.82, 2.24) is 0 Å². The Labute approximate surface area is 219 Å². The summed E-state index contributed by atoms with van der Waals surface area (Å²) in [4.78, 5) is 13.3. The van der Waals surface area contributed by atoms with Crippen molar-refractivity contribution in [2.24, 2.45) is 0 Å². The summed E-state index contributed by atoms with van der Waals surface area (Å²) in [6, 6.07) is 11.2. The summed E-state index contributed by atoms with van der Waals surface area (Å²) in [5.74, 6) is 2.53. The molecule has 0 aliphatic carbocycles. The number of hydrogen-bond donors (Lipinski definition) is 0. The van der Waals surface area contributed by atoms with Gasteiger partial charge in [-0.3, -0.25) is 4.79 Å². The number of unbranched alkanes of at least 4 members (excludes halogenated alkanes) is 6. The second kappa shape index (κ2) is 17.7. The minimum absolute atomic E-state index is 0. The molecule has 1 atom stereocenters. The molecular weight excluding hydrogens is 442 g/mol. The van der Waals surface area contributed by atoms with Crippen LogP contribution in [0.5, 0.6) is 23.0 Å². The van der Waals surface area contributed by atoms with Gasteiger partial charge >= 0.3 is 18.9 Å². The van der Waals surface area contributed by atoms with E-state index in [1.165, 1.54) is 32.1 Å². The quantitative estimate of drug-likeness (QED) is 0.155. The van der Waals surface area contributed by atoms with Crippen molar-refractivity contribution in [3.63, 3.8) is 0 Å². The van der Waals surface area contributed by atoms with Gasteiger partial charge in [0.1, 0.15) is 28.6 Å². The molecule has 0 heterocycles. The maximum absolute atomic E-state index is 13.3. The molecule has 0 radical (unpaired) electrons. The van der Waals surface area contributed by atoms with E-state index >= 15 is 0 Å². The number of benzene rings is 2. The van der Waals surface area contributed by atoms with E-state index in [4.69, 9.17) is 18.9 Å². The Hall–Kier alpha value is -1.66. The molecule has 0 fully saturated rings. The monoisotopic (exact) mass is 482 g/mol. The van der Waals surface area contributed by atoms with E-state index in [1.54, 1.807) is 26.4 Å². The molecule has 2 aromatic rings. The first-order valence-corrected chi connectivity index (χ1v) is 13.1. The van der Waals surface area contributed by atoms with Gasteiger partial charge in [-0.2, -0.15) is 0 Å². The van der Waals surface area contributed by atoms with E-state index in [1.807, 2.05) is 24.3 Å². The maximum atomic E-state index is 13.3. The molecule has 1 unspecified atom stereocenters. The van der Waals surface area contributed by atoms with Crippen LogP contribution in [0.2, 0.25) is 0 Å². The Morgan fingerprint density at radius 3 is 1.91 bits per heavy atom. The predicted octanol–water partition coefficient (Wildman–Crippen LogP) is 6.12. The molecule has 0 aliphatic heterocycles. The summed E-state index contributed by atoms with van der Waals surface area (Å²) in [5, 5.41) is 0.863. The summed E-state index contributed by atoms with van der Waals surface area (Å²) in [5.41, 5.74) is 0.416. The van der Waals surface area contributed by atoms with Crippen LogP contribution in [0.15, 0.2) is 36.4 Å². The number of carbonyl (C=O) groups excluding carboxylic acids is 1. The molecule has 0 aliphatic rings. The first-order chi connectivity index (χ1) is 16.1. The third-order valence-electron chi connectivity index (χ3n) is 5.38. The van der Waals surface area contributed by atoms with Gasteiger partial charge in [-0.25, -0.2) is 0 Å². The zero-order chi connectivity index (χ0) is 23.9. The van der Waals surface area contributed by atoms with Crippen LogP contribution >= 0.6 is 8.58 Å². The third-order valence-corrected chi connectivity index (χ3v) is 6.54. The molecule has 0 bridgehead atoms. The molecule has 5 nitrogen and oxygen atoms in total. The number of rotatable bonds is 17. The van der Waals surface area contributed by atoms with Crippen molar-refractivity contribution in [1.29, 1.82) is 0 Å². The summed E-state index contributed by atoms with van der Waals surface area (Å²) < 4.78 is 22.9. The van der Waals surface area contributed by atoms with Crippen molar-refractivity contribution >= 4 is 38.3 Å². The molecule has 2 aromatic carbocycles. The Bertz CT molecular complexity index is 837. The summed E-state index contributed by atoms with van der Waals surface area (Å²) in [6.07, 6.45) is 9.16. The van der Waals surface area contributed by atoms with Crippen molar-refractivity contribution in [2.75, 3.05) is 27.4 Å². The van der Waals surface area contributed by atoms with Gasteiger partial charge in [0.25, 0.3) is 0 Å². The van der Waals surface area contributed by atoms with E-state index in [-0.39, 0.29) is 33.0 Å². The molecule has 0 aromatic heterocycles.